The van der Waals surface area contributed by atoms with E-state index in [9.17, 15) is 14.4 Å². The Labute approximate surface area is 182 Å². The number of anilines is 2. The van der Waals surface area contributed by atoms with Gasteiger partial charge in [0.1, 0.15) is 0 Å². The fourth-order valence-electron chi connectivity index (χ4n) is 2.76. The lowest BCUT2D eigenvalue weighted by Gasteiger charge is -2.10. The van der Waals surface area contributed by atoms with Crippen molar-refractivity contribution in [2.45, 2.75) is 18.9 Å². The Hall–Kier alpha value is -3.16. The molecule has 1 aliphatic rings. The molecule has 1 fully saturated rings. The fourth-order valence-corrected chi connectivity index (χ4v) is 3.54. The largest absolute Gasteiger partial charge is 0.349 e. The lowest BCUT2D eigenvalue weighted by Crippen LogP contribution is -2.25. The highest BCUT2D eigenvalue weighted by molar-refractivity contribution is 7.12. The molecule has 0 bridgehead atoms. The molecule has 3 amide bonds. The SMILES string of the molecule is O=C(Nc1ccc(C(=O)NC2CC2)cc1)c1ccc(Cl)c(NC(=O)c2cccs2)c1. The Bertz CT molecular complexity index is 1090. The number of hydrogen-bond acceptors (Lipinski definition) is 4. The van der Waals surface area contributed by atoms with Crippen molar-refractivity contribution >= 4 is 52.0 Å². The van der Waals surface area contributed by atoms with Gasteiger partial charge in [0.25, 0.3) is 17.7 Å². The number of carbonyl (C=O) groups is 3. The molecule has 4 rings (SSSR count). The predicted octanol–water partition coefficient (Wildman–Crippen LogP) is 4.80. The van der Waals surface area contributed by atoms with E-state index in [1.54, 1.807) is 53.9 Å². The van der Waals surface area contributed by atoms with E-state index < -0.39 is 0 Å². The maximum absolute atomic E-state index is 12.6. The standard InChI is InChI=1S/C22H18ClN3O3S/c23-17-10-5-14(12-18(17)26-22(29)19-2-1-11-30-19)21(28)25-15-6-3-13(4-7-15)20(27)24-16-8-9-16/h1-7,10-12,16H,8-9H2,(H,24,27)(H,25,28)(H,26,29). The average Bonchev–Trinajstić information content (AvgIpc) is 3.37. The molecule has 2 aromatic carbocycles. The minimum absolute atomic E-state index is 0.112. The highest BCUT2D eigenvalue weighted by Gasteiger charge is 2.23. The van der Waals surface area contributed by atoms with Crippen LogP contribution in [0.2, 0.25) is 5.02 Å². The van der Waals surface area contributed by atoms with Crippen molar-refractivity contribution in [3.05, 3.63) is 81.0 Å². The first-order chi connectivity index (χ1) is 14.5. The van der Waals surface area contributed by atoms with Gasteiger partial charge in [-0.2, -0.15) is 0 Å². The summed E-state index contributed by atoms with van der Waals surface area (Å²) in [6, 6.07) is 15.1. The molecule has 0 spiro atoms. The van der Waals surface area contributed by atoms with E-state index in [-0.39, 0.29) is 23.8 Å². The molecule has 1 aliphatic carbocycles. The van der Waals surface area contributed by atoms with Crippen LogP contribution >= 0.6 is 22.9 Å². The van der Waals surface area contributed by atoms with Crippen molar-refractivity contribution in [2.24, 2.45) is 0 Å². The summed E-state index contributed by atoms with van der Waals surface area (Å²) >= 11 is 7.49. The van der Waals surface area contributed by atoms with E-state index >= 15 is 0 Å². The van der Waals surface area contributed by atoms with Gasteiger partial charge in [-0.25, -0.2) is 0 Å². The molecule has 0 atom stereocenters. The highest BCUT2D eigenvalue weighted by Crippen LogP contribution is 2.25. The first-order valence-electron chi connectivity index (χ1n) is 9.36. The molecule has 0 aliphatic heterocycles. The maximum Gasteiger partial charge on any atom is 0.265 e. The zero-order valence-corrected chi connectivity index (χ0v) is 17.3. The van der Waals surface area contributed by atoms with Crippen molar-refractivity contribution in [2.75, 3.05) is 10.6 Å². The Morgan fingerprint density at radius 2 is 1.60 bits per heavy atom. The molecule has 0 unspecified atom stereocenters. The van der Waals surface area contributed by atoms with Crippen LogP contribution < -0.4 is 16.0 Å². The van der Waals surface area contributed by atoms with Crippen LogP contribution in [0.5, 0.6) is 0 Å². The molecule has 30 heavy (non-hydrogen) atoms. The molecule has 3 N–H and O–H groups in total. The van der Waals surface area contributed by atoms with Crippen LogP contribution in [0.15, 0.2) is 60.0 Å². The molecule has 6 nitrogen and oxygen atoms in total. The molecule has 8 heteroatoms. The van der Waals surface area contributed by atoms with Crippen LogP contribution in [0.4, 0.5) is 11.4 Å². The molecule has 1 saturated carbocycles. The number of carbonyl (C=O) groups excluding carboxylic acids is 3. The Morgan fingerprint density at radius 1 is 0.867 bits per heavy atom. The van der Waals surface area contributed by atoms with Gasteiger partial charge in [0.05, 0.1) is 15.6 Å². The highest BCUT2D eigenvalue weighted by atomic mass is 35.5. The van der Waals surface area contributed by atoms with Gasteiger partial charge in [-0.3, -0.25) is 14.4 Å². The van der Waals surface area contributed by atoms with E-state index in [1.165, 1.54) is 17.4 Å². The van der Waals surface area contributed by atoms with Gasteiger partial charge in [0.2, 0.25) is 0 Å². The van der Waals surface area contributed by atoms with Crippen molar-refractivity contribution < 1.29 is 14.4 Å². The van der Waals surface area contributed by atoms with Crippen molar-refractivity contribution in [1.29, 1.82) is 0 Å². The van der Waals surface area contributed by atoms with E-state index in [4.69, 9.17) is 11.6 Å². The first kappa shape index (κ1) is 20.1. The second kappa shape index (κ2) is 8.69. The Kier molecular flexibility index (Phi) is 5.83. The molecule has 1 aromatic heterocycles. The average molecular weight is 440 g/mol. The molecule has 1 heterocycles. The quantitative estimate of drug-likeness (QED) is 0.515. The van der Waals surface area contributed by atoms with Gasteiger partial charge in [-0.15, -0.1) is 11.3 Å². The predicted molar refractivity (Wildman–Crippen MR) is 119 cm³/mol. The molecule has 0 radical (unpaired) electrons. The van der Waals surface area contributed by atoms with Crippen LogP contribution in [0.1, 0.15) is 43.2 Å². The third-order valence-electron chi connectivity index (χ3n) is 4.54. The smallest absolute Gasteiger partial charge is 0.265 e. The van der Waals surface area contributed by atoms with Crippen LogP contribution in [-0.2, 0) is 0 Å². The summed E-state index contributed by atoms with van der Waals surface area (Å²) in [5, 5.41) is 10.6. The number of thiophene rings is 1. The van der Waals surface area contributed by atoms with Gasteiger partial charge in [-0.1, -0.05) is 17.7 Å². The Morgan fingerprint density at radius 3 is 2.27 bits per heavy atom. The second-order valence-electron chi connectivity index (χ2n) is 6.91. The monoisotopic (exact) mass is 439 g/mol. The lowest BCUT2D eigenvalue weighted by molar-refractivity contribution is 0.0949. The fraction of sp³-hybridized carbons (Fsp3) is 0.136. The normalized spacial score (nSPS) is 12.8. The summed E-state index contributed by atoms with van der Waals surface area (Å²) in [6.07, 6.45) is 2.05. The van der Waals surface area contributed by atoms with E-state index in [0.717, 1.165) is 12.8 Å². The number of halogens is 1. The number of rotatable bonds is 6. The number of hydrogen-bond donors (Lipinski definition) is 3. The number of benzene rings is 2. The van der Waals surface area contributed by atoms with Gasteiger partial charge >= 0.3 is 0 Å². The van der Waals surface area contributed by atoms with Crippen LogP contribution in [0.3, 0.4) is 0 Å². The van der Waals surface area contributed by atoms with E-state index in [0.29, 0.717) is 32.4 Å². The van der Waals surface area contributed by atoms with Crippen molar-refractivity contribution in [3.8, 4) is 0 Å². The zero-order chi connectivity index (χ0) is 21.1. The third-order valence-corrected chi connectivity index (χ3v) is 5.74. The van der Waals surface area contributed by atoms with Crippen molar-refractivity contribution in [3.63, 3.8) is 0 Å². The minimum atomic E-state index is -0.353. The van der Waals surface area contributed by atoms with E-state index in [2.05, 4.69) is 16.0 Å². The van der Waals surface area contributed by atoms with Crippen LogP contribution in [-0.4, -0.2) is 23.8 Å². The third kappa shape index (κ3) is 4.87. The molecule has 3 aromatic rings. The maximum atomic E-state index is 12.6. The van der Waals surface area contributed by atoms with Gasteiger partial charge < -0.3 is 16.0 Å². The van der Waals surface area contributed by atoms with E-state index in [1.807, 2.05) is 0 Å². The zero-order valence-electron chi connectivity index (χ0n) is 15.8. The lowest BCUT2D eigenvalue weighted by atomic mass is 10.1. The van der Waals surface area contributed by atoms with Gasteiger partial charge in [0.15, 0.2) is 0 Å². The summed E-state index contributed by atoms with van der Waals surface area (Å²) in [4.78, 5) is 37.5. The van der Waals surface area contributed by atoms with Gasteiger partial charge in [0, 0.05) is 22.9 Å². The second-order valence-corrected chi connectivity index (χ2v) is 8.26. The van der Waals surface area contributed by atoms with Gasteiger partial charge in [-0.05, 0) is 66.8 Å². The van der Waals surface area contributed by atoms with Crippen LogP contribution in [0.25, 0.3) is 0 Å². The number of nitrogens with one attached hydrogen (secondary N) is 3. The summed E-state index contributed by atoms with van der Waals surface area (Å²) in [7, 11) is 0. The first-order valence-corrected chi connectivity index (χ1v) is 10.6. The minimum Gasteiger partial charge on any atom is -0.349 e. The molecular weight excluding hydrogens is 422 g/mol. The molecule has 152 valence electrons. The summed E-state index contributed by atoms with van der Waals surface area (Å²) in [5.41, 5.74) is 1.80. The summed E-state index contributed by atoms with van der Waals surface area (Å²) in [6.45, 7) is 0. The summed E-state index contributed by atoms with van der Waals surface area (Å²) in [5.74, 6) is -0.753. The topological polar surface area (TPSA) is 87.3 Å². The summed E-state index contributed by atoms with van der Waals surface area (Å²) < 4.78 is 0. The molecule has 0 saturated heterocycles. The Balaban J connectivity index is 1.42. The number of amides is 3. The van der Waals surface area contributed by atoms with Crippen molar-refractivity contribution in [1.82, 2.24) is 5.32 Å². The molecular formula is C22H18ClN3O3S. The van der Waals surface area contributed by atoms with Crippen LogP contribution in [0, 0.1) is 0 Å².